The molecule has 0 aliphatic carbocycles. The van der Waals surface area contributed by atoms with Crippen molar-refractivity contribution < 1.29 is 9.53 Å². The van der Waals surface area contributed by atoms with Crippen molar-refractivity contribution in [2.24, 2.45) is 0 Å². The highest BCUT2D eigenvalue weighted by atomic mass is 16.6. The molecule has 5 heteroatoms. The van der Waals surface area contributed by atoms with Crippen LogP contribution in [0.1, 0.15) is 26.6 Å². The van der Waals surface area contributed by atoms with Crippen LogP contribution in [0, 0.1) is 0 Å². The van der Waals surface area contributed by atoms with Gasteiger partial charge in [-0.3, -0.25) is 0 Å². The second kappa shape index (κ2) is 7.44. The van der Waals surface area contributed by atoms with E-state index in [-0.39, 0.29) is 6.54 Å². The van der Waals surface area contributed by atoms with E-state index in [0.29, 0.717) is 5.82 Å². The molecule has 3 aromatic rings. The van der Waals surface area contributed by atoms with Gasteiger partial charge in [-0.15, -0.1) is 0 Å². The number of nitrogens with zero attached hydrogens (tertiary/aromatic N) is 1. The number of aromatic nitrogens is 2. The lowest BCUT2D eigenvalue weighted by Crippen LogP contribution is -2.32. The van der Waals surface area contributed by atoms with E-state index in [1.165, 1.54) is 0 Å². The molecule has 2 aromatic carbocycles. The largest absolute Gasteiger partial charge is 0.444 e. The van der Waals surface area contributed by atoms with Gasteiger partial charge in [0.2, 0.25) is 0 Å². The topological polar surface area (TPSA) is 67.0 Å². The molecule has 26 heavy (non-hydrogen) atoms. The van der Waals surface area contributed by atoms with Gasteiger partial charge in [-0.2, -0.15) is 0 Å². The molecule has 2 N–H and O–H groups in total. The Labute approximate surface area is 153 Å². The van der Waals surface area contributed by atoms with Gasteiger partial charge in [-0.1, -0.05) is 60.7 Å². The predicted octanol–water partition coefficient (Wildman–Crippen LogP) is 4.77. The molecule has 0 fully saturated rings. The number of rotatable bonds is 4. The monoisotopic (exact) mass is 349 g/mol. The van der Waals surface area contributed by atoms with Gasteiger partial charge < -0.3 is 15.0 Å². The molecule has 0 radical (unpaired) electrons. The molecular weight excluding hydrogens is 326 g/mol. The van der Waals surface area contributed by atoms with E-state index < -0.39 is 11.7 Å². The van der Waals surface area contributed by atoms with E-state index in [2.05, 4.69) is 10.3 Å². The molecule has 0 atom stereocenters. The lowest BCUT2D eigenvalue weighted by Gasteiger charge is -2.19. The maximum Gasteiger partial charge on any atom is 0.408 e. The van der Waals surface area contributed by atoms with Crippen LogP contribution >= 0.6 is 0 Å². The number of carbonyl (C=O) groups is 1. The summed E-state index contributed by atoms with van der Waals surface area (Å²) in [6.45, 7) is 5.77. The highest BCUT2D eigenvalue weighted by Gasteiger charge is 2.17. The molecule has 0 aliphatic rings. The normalized spacial score (nSPS) is 11.2. The zero-order valence-electron chi connectivity index (χ0n) is 15.2. The number of hydrogen-bond donors (Lipinski definition) is 2. The van der Waals surface area contributed by atoms with Crippen LogP contribution in [0.4, 0.5) is 4.79 Å². The van der Waals surface area contributed by atoms with Gasteiger partial charge in [0.1, 0.15) is 11.4 Å². The Balaban J connectivity index is 1.86. The number of H-pyrrole nitrogens is 1. The minimum Gasteiger partial charge on any atom is -0.444 e. The fourth-order valence-corrected chi connectivity index (χ4v) is 2.59. The first-order valence-corrected chi connectivity index (χ1v) is 8.59. The molecule has 5 nitrogen and oxygen atoms in total. The predicted molar refractivity (Wildman–Crippen MR) is 103 cm³/mol. The summed E-state index contributed by atoms with van der Waals surface area (Å²) in [5.41, 5.74) is 3.32. The third-order valence-corrected chi connectivity index (χ3v) is 3.66. The Morgan fingerprint density at radius 3 is 2.15 bits per heavy atom. The van der Waals surface area contributed by atoms with Crippen LogP contribution < -0.4 is 5.32 Å². The van der Waals surface area contributed by atoms with Gasteiger partial charge >= 0.3 is 6.09 Å². The van der Waals surface area contributed by atoms with Crippen molar-refractivity contribution in [3.8, 4) is 22.5 Å². The molecule has 0 spiro atoms. The zero-order chi connectivity index (χ0) is 18.6. The number of nitrogens with one attached hydrogen (secondary N) is 2. The third kappa shape index (κ3) is 4.51. The van der Waals surface area contributed by atoms with Gasteiger partial charge in [-0.25, -0.2) is 9.78 Å². The maximum atomic E-state index is 11.9. The van der Waals surface area contributed by atoms with E-state index in [9.17, 15) is 4.79 Å². The van der Waals surface area contributed by atoms with Crippen molar-refractivity contribution in [2.75, 3.05) is 0 Å². The van der Waals surface area contributed by atoms with Crippen molar-refractivity contribution >= 4 is 6.09 Å². The number of benzene rings is 2. The summed E-state index contributed by atoms with van der Waals surface area (Å²) in [6, 6.07) is 20.0. The molecule has 1 heterocycles. The number of hydrogen-bond acceptors (Lipinski definition) is 3. The lowest BCUT2D eigenvalue weighted by atomic mass is 10.1. The highest BCUT2D eigenvalue weighted by molar-refractivity contribution is 5.78. The minimum atomic E-state index is -0.530. The zero-order valence-corrected chi connectivity index (χ0v) is 15.2. The van der Waals surface area contributed by atoms with Crippen LogP contribution in [-0.2, 0) is 11.3 Å². The molecule has 0 saturated heterocycles. The molecule has 1 amide bonds. The summed E-state index contributed by atoms with van der Waals surface area (Å²) in [5, 5.41) is 2.74. The average Bonchev–Trinajstić information content (AvgIpc) is 3.04. The first kappa shape index (κ1) is 17.7. The summed E-state index contributed by atoms with van der Waals surface area (Å²) in [6.07, 6.45) is -0.462. The number of alkyl carbamates (subject to hydrolysis) is 1. The van der Waals surface area contributed by atoms with E-state index in [4.69, 9.17) is 9.72 Å². The SMILES string of the molecule is CC(C)(C)OC(=O)NCc1nc(-c2ccccc2)c(-c2ccccc2)[nH]1. The van der Waals surface area contributed by atoms with E-state index >= 15 is 0 Å². The minimum absolute atomic E-state index is 0.265. The lowest BCUT2D eigenvalue weighted by molar-refractivity contribution is 0.0522. The van der Waals surface area contributed by atoms with Crippen molar-refractivity contribution in [2.45, 2.75) is 32.9 Å². The van der Waals surface area contributed by atoms with Gasteiger partial charge in [0.15, 0.2) is 0 Å². The fraction of sp³-hybridized carbons (Fsp3) is 0.238. The van der Waals surface area contributed by atoms with Crippen LogP contribution in [0.5, 0.6) is 0 Å². The van der Waals surface area contributed by atoms with Crippen LogP contribution in [0.15, 0.2) is 60.7 Å². The number of carbonyl (C=O) groups excluding carboxylic acids is 1. The van der Waals surface area contributed by atoms with E-state index in [0.717, 1.165) is 22.5 Å². The van der Waals surface area contributed by atoms with Crippen LogP contribution in [0.25, 0.3) is 22.5 Å². The van der Waals surface area contributed by atoms with Gasteiger partial charge in [0, 0.05) is 11.1 Å². The summed E-state index contributed by atoms with van der Waals surface area (Å²) in [5.74, 6) is 0.675. The fourth-order valence-electron chi connectivity index (χ4n) is 2.59. The Morgan fingerprint density at radius 1 is 1.00 bits per heavy atom. The third-order valence-electron chi connectivity index (χ3n) is 3.66. The van der Waals surface area contributed by atoms with E-state index in [1.54, 1.807) is 0 Å². The second-order valence-corrected chi connectivity index (χ2v) is 6.99. The smallest absolute Gasteiger partial charge is 0.408 e. The van der Waals surface area contributed by atoms with Crippen molar-refractivity contribution in [3.63, 3.8) is 0 Å². The molecule has 0 bridgehead atoms. The van der Waals surface area contributed by atoms with Crippen LogP contribution in [-0.4, -0.2) is 21.7 Å². The van der Waals surface area contributed by atoms with Crippen molar-refractivity contribution in [3.05, 3.63) is 66.5 Å². The standard InChI is InChI=1S/C21H23N3O2/c1-21(2,3)26-20(25)22-14-17-23-18(15-10-6-4-7-11-15)19(24-17)16-12-8-5-9-13-16/h4-13H,14H2,1-3H3,(H,22,25)(H,23,24). The average molecular weight is 349 g/mol. The number of amides is 1. The van der Waals surface area contributed by atoms with Crippen LogP contribution in [0.3, 0.4) is 0 Å². The molecule has 3 rings (SSSR count). The summed E-state index contributed by atoms with van der Waals surface area (Å²) < 4.78 is 5.27. The van der Waals surface area contributed by atoms with E-state index in [1.807, 2.05) is 81.4 Å². The second-order valence-electron chi connectivity index (χ2n) is 6.99. The van der Waals surface area contributed by atoms with Crippen molar-refractivity contribution in [1.29, 1.82) is 0 Å². The van der Waals surface area contributed by atoms with Gasteiger partial charge in [0.25, 0.3) is 0 Å². The molecule has 0 saturated carbocycles. The first-order valence-electron chi connectivity index (χ1n) is 8.59. The number of ether oxygens (including phenoxy) is 1. The molecule has 0 unspecified atom stereocenters. The molecule has 134 valence electrons. The van der Waals surface area contributed by atoms with Gasteiger partial charge in [-0.05, 0) is 20.8 Å². The maximum absolute atomic E-state index is 11.9. The molecular formula is C21H23N3O2. The molecule has 1 aromatic heterocycles. The summed E-state index contributed by atoms with van der Waals surface area (Å²) in [7, 11) is 0. The Bertz CT molecular complexity index is 808. The highest BCUT2D eigenvalue weighted by Crippen LogP contribution is 2.29. The number of imidazole rings is 1. The van der Waals surface area contributed by atoms with Crippen molar-refractivity contribution in [1.82, 2.24) is 15.3 Å². The Kier molecular flexibility index (Phi) is 5.07. The summed E-state index contributed by atoms with van der Waals surface area (Å²) in [4.78, 5) is 19.9. The number of aromatic amines is 1. The Morgan fingerprint density at radius 2 is 1.58 bits per heavy atom. The molecule has 0 aliphatic heterocycles. The Hall–Kier alpha value is -3.08. The van der Waals surface area contributed by atoms with Crippen LogP contribution in [0.2, 0.25) is 0 Å². The first-order chi connectivity index (χ1) is 12.4. The summed E-state index contributed by atoms with van der Waals surface area (Å²) >= 11 is 0. The van der Waals surface area contributed by atoms with Gasteiger partial charge in [0.05, 0.1) is 17.9 Å². The quantitative estimate of drug-likeness (QED) is 0.713.